The van der Waals surface area contributed by atoms with Gasteiger partial charge in [0.05, 0.1) is 0 Å². The number of hydrogen-bond donors (Lipinski definition) is 2. The molecule has 7 nitrogen and oxygen atoms in total. The Bertz CT molecular complexity index is 821. The zero-order valence-electron chi connectivity index (χ0n) is 17.1. The van der Waals surface area contributed by atoms with Gasteiger partial charge in [-0.25, -0.2) is 0 Å². The first-order valence-corrected chi connectivity index (χ1v) is 11.1. The van der Waals surface area contributed by atoms with Crippen molar-refractivity contribution in [2.45, 2.75) is 52.0 Å². The topological polar surface area (TPSA) is 87.2 Å². The second kappa shape index (κ2) is 10.5. The van der Waals surface area contributed by atoms with Gasteiger partial charge in [-0.05, 0) is 63.4 Å². The van der Waals surface area contributed by atoms with Crippen LogP contribution in [0.3, 0.4) is 0 Å². The fourth-order valence-electron chi connectivity index (χ4n) is 3.68. The Morgan fingerprint density at radius 1 is 1.17 bits per heavy atom. The predicted molar refractivity (Wildman–Crippen MR) is 115 cm³/mol. The first kappa shape index (κ1) is 21.4. The highest BCUT2D eigenvalue weighted by Crippen LogP contribution is 2.19. The van der Waals surface area contributed by atoms with Crippen molar-refractivity contribution in [3.05, 3.63) is 39.8 Å². The van der Waals surface area contributed by atoms with E-state index in [-0.39, 0.29) is 11.8 Å². The molecule has 2 amide bonds. The minimum absolute atomic E-state index is 0.0895. The number of benzene rings is 1. The monoisotopic (exact) mass is 415 g/mol. The molecule has 1 unspecified atom stereocenters. The molecule has 2 heterocycles. The lowest BCUT2D eigenvalue weighted by Crippen LogP contribution is -2.40. The smallest absolute Gasteiger partial charge is 0.286 e. The second-order valence-electron chi connectivity index (χ2n) is 7.36. The van der Waals surface area contributed by atoms with E-state index < -0.39 is 0 Å². The molecule has 2 N–H and O–H groups in total. The van der Waals surface area contributed by atoms with Crippen molar-refractivity contribution in [1.82, 2.24) is 20.4 Å². The van der Waals surface area contributed by atoms with E-state index in [1.54, 1.807) is 31.2 Å². The first-order valence-electron chi connectivity index (χ1n) is 10.3. The molecule has 156 valence electrons. The van der Waals surface area contributed by atoms with Gasteiger partial charge in [-0.1, -0.05) is 24.7 Å². The van der Waals surface area contributed by atoms with Crippen LogP contribution in [0.4, 0.5) is 5.69 Å². The maximum Gasteiger partial charge on any atom is 0.286 e. The van der Waals surface area contributed by atoms with E-state index in [2.05, 4.69) is 32.7 Å². The number of aromatic nitrogens is 2. The number of likely N-dealkylation sites (tertiary alicyclic amines) is 1. The molecule has 0 saturated carbocycles. The van der Waals surface area contributed by atoms with Crippen molar-refractivity contribution >= 4 is 28.8 Å². The minimum Gasteiger partial charge on any atom is -0.352 e. The molecule has 0 bridgehead atoms. The van der Waals surface area contributed by atoms with Gasteiger partial charge in [-0.3, -0.25) is 9.59 Å². The molecular weight excluding hydrogens is 386 g/mol. The van der Waals surface area contributed by atoms with Crippen molar-refractivity contribution in [1.29, 1.82) is 0 Å². The highest BCUT2D eigenvalue weighted by atomic mass is 32.1. The van der Waals surface area contributed by atoms with Gasteiger partial charge in [0, 0.05) is 30.4 Å². The molecule has 0 spiro atoms. The number of piperidine rings is 1. The lowest BCUT2D eigenvalue weighted by atomic mass is 10.00. The van der Waals surface area contributed by atoms with Gasteiger partial charge in [0.25, 0.3) is 11.8 Å². The summed E-state index contributed by atoms with van der Waals surface area (Å²) >= 11 is 1.24. The molecule has 1 aliphatic rings. The van der Waals surface area contributed by atoms with Crippen LogP contribution in [0.1, 0.15) is 64.2 Å². The third-order valence-corrected chi connectivity index (χ3v) is 6.09. The van der Waals surface area contributed by atoms with Crippen LogP contribution in [0.25, 0.3) is 0 Å². The van der Waals surface area contributed by atoms with E-state index in [4.69, 9.17) is 0 Å². The Hall–Kier alpha value is -2.32. The van der Waals surface area contributed by atoms with Gasteiger partial charge in [0.2, 0.25) is 5.01 Å². The summed E-state index contributed by atoms with van der Waals surface area (Å²) < 4.78 is 0. The molecule has 1 atom stereocenters. The Morgan fingerprint density at radius 3 is 2.66 bits per heavy atom. The summed E-state index contributed by atoms with van der Waals surface area (Å²) in [6, 6.07) is 7.58. The van der Waals surface area contributed by atoms with Gasteiger partial charge in [0.1, 0.15) is 5.01 Å². The number of anilines is 1. The number of rotatable bonds is 8. The summed E-state index contributed by atoms with van der Waals surface area (Å²) in [5, 5.41) is 14.5. The lowest BCUT2D eigenvalue weighted by Gasteiger charge is -2.35. The molecule has 3 rings (SSSR count). The molecule has 1 saturated heterocycles. The van der Waals surface area contributed by atoms with Crippen molar-refractivity contribution < 1.29 is 9.59 Å². The van der Waals surface area contributed by atoms with Crippen molar-refractivity contribution in [3.63, 3.8) is 0 Å². The van der Waals surface area contributed by atoms with Crippen molar-refractivity contribution in [2.75, 3.05) is 25.0 Å². The highest BCUT2D eigenvalue weighted by Gasteiger charge is 2.20. The quantitative estimate of drug-likeness (QED) is 0.645. The third kappa shape index (κ3) is 6.08. The molecule has 1 aromatic carbocycles. The normalized spacial score (nSPS) is 17.1. The molecule has 1 aliphatic heterocycles. The van der Waals surface area contributed by atoms with Gasteiger partial charge >= 0.3 is 0 Å². The fourth-order valence-corrected chi connectivity index (χ4v) is 4.27. The van der Waals surface area contributed by atoms with Gasteiger partial charge < -0.3 is 15.5 Å². The van der Waals surface area contributed by atoms with Crippen LogP contribution < -0.4 is 10.6 Å². The van der Waals surface area contributed by atoms with Crippen LogP contribution in [0.2, 0.25) is 0 Å². The summed E-state index contributed by atoms with van der Waals surface area (Å²) in [7, 11) is 0. The Kier molecular flexibility index (Phi) is 7.71. The second-order valence-corrected chi connectivity index (χ2v) is 8.54. The van der Waals surface area contributed by atoms with Crippen LogP contribution in [-0.4, -0.2) is 52.6 Å². The molecule has 1 fully saturated rings. The van der Waals surface area contributed by atoms with Crippen molar-refractivity contribution in [3.8, 4) is 0 Å². The van der Waals surface area contributed by atoms with Crippen LogP contribution in [0.5, 0.6) is 0 Å². The average molecular weight is 416 g/mol. The van der Waals surface area contributed by atoms with E-state index >= 15 is 0 Å². The van der Waals surface area contributed by atoms with Gasteiger partial charge in [-0.2, -0.15) is 0 Å². The maximum absolute atomic E-state index is 12.3. The molecule has 29 heavy (non-hydrogen) atoms. The Balaban J connectivity index is 1.42. The SMILES string of the molecule is CCC1CCCCN1CCCNC(=O)c1ccc(NC(=O)c2nnc(C)s2)cc1. The summed E-state index contributed by atoms with van der Waals surface area (Å²) in [4.78, 5) is 27.0. The number of carbonyl (C=O) groups excluding carboxylic acids is 2. The summed E-state index contributed by atoms with van der Waals surface area (Å²) in [5.41, 5.74) is 1.20. The minimum atomic E-state index is -0.295. The number of nitrogens with zero attached hydrogens (tertiary/aromatic N) is 3. The van der Waals surface area contributed by atoms with Crippen LogP contribution in [0, 0.1) is 6.92 Å². The Morgan fingerprint density at radius 2 is 1.97 bits per heavy atom. The molecule has 1 aromatic heterocycles. The summed E-state index contributed by atoms with van der Waals surface area (Å²) in [6.07, 6.45) is 6.07. The average Bonchev–Trinajstić information content (AvgIpc) is 3.18. The lowest BCUT2D eigenvalue weighted by molar-refractivity contribution is 0.0946. The molecular formula is C21H29N5O2S. The van der Waals surface area contributed by atoms with E-state index in [0.717, 1.165) is 18.0 Å². The zero-order chi connectivity index (χ0) is 20.6. The fraction of sp³-hybridized carbons (Fsp3) is 0.524. The number of hydrogen-bond acceptors (Lipinski definition) is 6. The van der Waals surface area contributed by atoms with Gasteiger partial charge in [-0.15, -0.1) is 10.2 Å². The van der Waals surface area contributed by atoms with E-state index in [0.29, 0.717) is 28.8 Å². The van der Waals surface area contributed by atoms with Gasteiger partial charge in [0.15, 0.2) is 0 Å². The molecule has 0 aliphatic carbocycles. The van der Waals surface area contributed by atoms with E-state index in [1.165, 1.54) is 43.6 Å². The summed E-state index contributed by atoms with van der Waals surface area (Å²) in [6.45, 7) is 6.94. The third-order valence-electron chi connectivity index (χ3n) is 5.25. The largest absolute Gasteiger partial charge is 0.352 e. The Labute approximate surface area is 175 Å². The van der Waals surface area contributed by atoms with E-state index in [9.17, 15) is 9.59 Å². The number of nitrogens with one attached hydrogen (secondary N) is 2. The molecule has 8 heteroatoms. The maximum atomic E-state index is 12.3. The predicted octanol–water partition coefficient (Wildman–Crippen LogP) is 3.48. The van der Waals surface area contributed by atoms with Crippen LogP contribution in [0.15, 0.2) is 24.3 Å². The van der Waals surface area contributed by atoms with Crippen LogP contribution in [-0.2, 0) is 0 Å². The van der Waals surface area contributed by atoms with Crippen molar-refractivity contribution in [2.24, 2.45) is 0 Å². The number of amides is 2. The first-order chi connectivity index (χ1) is 14.1. The highest BCUT2D eigenvalue weighted by molar-refractivity contribution is 7.13. The number of aryl methyl sites for hydroxylation is 1. The zero-order valence-corrected chi connectivity index (χ0v) is 17.9. The summed E-state index contributed by atoms with van der Waals surface area (Å²) in [5.74, 6) is -0.385. The van der Waals surface area contributed by atoms with Crippen LogP contribution >= 0.6 is 11.3 Å². The molecule has 0 radical (unpaired) electrons. The van der Waals surface area contributed by atoms with E-state index in [1.807, 2.05) is 0 Å². The standard InChI is InChI=1S/C21H29N5O2S/c1-3-18-7-4-5-13-26(18)14-6-12-22-19(27)16-8-10-17(11-9-16)23-20(28)21-25-24-15(2)29-21/h8-11,18H,3-7,12-14H2,1-2H3,(H,22,27)(H,23,28). The molecule has 2 aromatic rings. The number of carbonyl (C=O) groups is 2.